The van der Waals surface area contributed by atoms with E-state index >= 15 is 0 Å². The molecule has 0 unspecified atom stereocenters. The van der Waals surface area contributed by atoms with Gasteiger partial charge in [-0.15, -0.1) is 0 Å². The van der Waals surface area contributed by atoms with Crippen molar-refractivity contribution in [1.82, 2.24) is 0 Å². The zero-order valence-corrected chi connectivity index (χ0v) is 13.4. The summed E-state index contributed by atoms with van der Waals surface area (Å²) in [6.07, 6.45) is 7.86. The monoisotopic (exact) mass is 290 g/mol. The molecule has 0 fully saturated rings. The first kappa shape index (κ1) is 17.3. The maximum absolute atomic E-state index is 10.2. The zero-order chi connectivity index (χ0) is 15.9. The summed E-state index contributed by atoms with van der Waals surface area (Å²) in [4.78, 5) is 0. The molecule has 0 amide bonds. The average molecular weight is 290 g/mol. The molecule has 0 aliphatic carbocycles. The van der Waals surface area contributed by atoms with Gasteiger partial charge >= 0.3 is 0 Å². The van der Waals surface area contributed by atoms with Crippen LogP contribution in [0, 0.1) is 0 Å². The molecule has 0 saturated heterocycles. The van der Waals surface area contributed by atoms with Crippen LogP contribution in [-0.4, -0.2) is 22.9 Å². The Bertz CT molecular complexity index is 511. The highest BCUT2D eigenvalue weighted by Crippen LogP contribution is 2.31. The molecule has 0 aliphatic heterocycles. The van der Waals surface area contributed by atoms with Gasteiger partial charge in [0.05, 0.1) is 12.7 Å². The van der Waals surface area contributed by atoms with Crippen molar-refractivity contribution in [3.05, 3.63) is 42.0 Å². The van der Waals surface area contributed by atoms with Gasteiger partial charge in [0.2, 0.25) is 0 Å². The van der Waals surface area contributed by atoms with E-state index in [4.69, 9.17) is 4.74 Å². The van der Waals surface area contributed by atoms with Crippen molar-refractivity contribution in [2.45, 2.75) is 45.6 Å². The third-order valence-corrected chi connectivity index (χ3v) is 3.84. The van der Waals surface area contributed by atoms with Crippen molar-refractivity contribution in [3.63, 3.8) is 0 Å². The topological polar surface area (TPSA) is 49.7 Å². The molecule has 116 valence electrons. The van der Waals surface area contributed by atoms with Gasteiger partial charge in [-0.25, -0.2) is 0 Å². The summed E-state index contributed by atoms with van der Waals surface area (Å²) >= 11 is 0. The van der Waals surface area contributed by atoms with Crippen LogP contribution in [0.4, 0.5) is 0 Å². The van der Waals surface area contributed by atoms with Gasteiger partial charge in [-0.2, -0.15) is 0 Å². The highest BCUT2D eigenvalue weighted by molar-refractivity contribution is 5.72. The Balaban J connectivity index is 3.11. The number of hydrogen-bond donors (Lipinski definition) is 2. The van der Waals surface area contributed by atoms with Gasteiger partial charge in [0.1, 0.15) is 11.5 Å². The average Bonchev–Trinajstić information content (AvgIpc) is 2.51. The van der Waals surface area contributed by atoms with Crippen LogP contribution < -0.4 is 4.74 Å². The molecule has 1 rings (SSSR count). The number of ether oxygens (including phenoxy) is 1. The molecule has 0 heterocycles. The van der Waals surface area contributed by atoms with E-state index in [0.29, 0.717) is 12.8 Å². The number of hydrogen-bond acceptors (Lipinski definition) is 3. The fraction of sp³-hybridized carbons (Fsp3) is 0.444. The van der Waals surface area contributed by atoms with Gasteiger partial charge in [-0.05, 0) is 43.0 Å². The molecule has 3 heteroatoms. The molecule has 1 aromatic carbocycles. The van der Waals surface area contributed by atoms with Crippen LogP contribution in [0.15, 0.2) is 36.4 Å². The molecular formula is C18H26O3. The lowest BCUT2D eigenvalue weighted by Crippen LogP contribution is -2.22. The molecule has 0 aliphatic rings. The lowest BCUT2D eigenvalue weighted by molar-refractivity contribution is 0.0828. The van der Waals surface area contributed by atoms with Crippen LogP contribution in [0.5, 0.6) is 11.5 Å². The highest BCUT2D eigenvalue weighted by atomic mass is 16.5. The van der Waals surface area contributed by atoms with E-state index in [1.165, 1.54) is 0 Å². The molecule has 0 radical (unpaired) electrons. The van der Waals surface area contributed by atoms with E-state index in [1.54, 1.807) is 25.3 Å². The van der Waals surface area contributed by atoms with Gasteiger partial charge in [0.15, 0.2) is 0 Å². The minimum atomic E-state index is -0.752. The Labute approximate surface area is 127 Å². The first-order valence-corrected chi connectivity index (χ1v) is 7.47. The van der Waals surface area contributed by atoms with Crippen LogP contribution in [0.1, 0.15) is 45.6 Å². The third-order valence-electron chi connectivity index (χ3n) is 3.84. The second kappa shape index (κ2) is 7.89. The summed E-state index contributed by atoms with van der Waals surface area (Å²) in [6.45, 7) is 5.99. The van der Waals surface area contributed by atoms with Crippen molar-refractivity contribution in [3.8, 4) is 11.5 Å². The predicted molar refractivity (Wildman–Crippen MR) is 87.6 cm³/mol. The Kier molecular flexibility index (Phi) is 6.50. The van der Waals surface area contributed by atoms with Crippen molar-refractivity contribution < 1.29 is 14.9 Å². The Morgan fingerprint density at radius 2 is 1.90 bits per heavy atom. The lowest BCUT2D eigenvalue weighted by Gasteiger charge is -2.20. The van der Waals surface area contributed by atoms with Crippen molar-refractivity contribution in [2.75, 3.05) is 7.11 Å². The summed E-state index contributed by atoms with van der Waals surface area (Å²) in [5.41, 5.74) is 1.17. The van der Waals surface area contributed by atoms with Gasteiger partial charge in [0.25, 0.3) is 0 Å². The van der Waals surface area contributed by atoms with Gasteiger partial charge < -0.3 is 14.9 Å². The molecule has 21 heavy (non-hydrogen) atoms. The van der Waals surface area contributed by atoms with Crippen molar-refractivity contribution >= 4 is 5.57 Å². The highest BCUT2D eigenvalue weighted by Gasteiger charge is 2.17. The molecule has 1 aromatic rings. The van der Waals surface area contributed by atoms with E-state index < -0.39 is 5.60 Å². The van der Waals surface area contributed by atoms with Gasteiger partial charge in [-0.1, -0.05) is 39.0 Å². The standard InChI is InChI=1S/C18H26O3/c1-5-14(9-8-12-18(20,6-2)7-3)16-13-15(19)10-11-17(16)21-4/h8-13,19-20H,5-7H2,1-4H3/b12-8+,14-9+. The normalized spacial score (nSPS) is 12.9. The fourth-order valence-electron chi connectivity index (χ4n) is 2.17. The second-order valence-electron chi connectivity index (χ2n) is 5.10. The molecule has 0 atom stereocenters. The first-order valence-electron chi connectivity index (χ1n) is 7.47. The molecular weight excluding hydrogens is 264 g/mol. The van der Waals surface area contributed by atoms with E-state index in [1.807, 2.05) is 32.1 Å². The Hall–Kier alpha value is -1.74. The van der Waals surface area contributed by atoms with Crippen LogP contribution in [0.25, 0.3) is 5.57 Å². The molecule has 3 nitrogen and oxygen atoms in total. The maximum Gasteiger partial charge on any atom is 0.126 e. The summed E-state index contributed by atoms with van der Waals surface area (Å²) in [5.74, 6) is 0.947. The number of benzene rings is 1. The Morgan fingerprint density at radius 3 is 2.43 bits per heavy atom. The van der Waals surface area contributed by atoms with Crippen molar-refractivity contribution in [1.29, 1.82) is 0 Å². The minimum Gasteiger partial charge on any atom is -0.508 e. The maximum atomic E-state index is 10.2. The quantitative estimate of drug-likeness (QED) is 0.736. The summed E-state index contributed by atoms with van der Waals surface area (Å²) in [7, 11) is 1.62. The summed E-state index contributed by atoms with van der Waals surface area (Å²) in [5, 5.41) is 19.9. The zero-order valence-electron chi connectivity index (χ0n) is 13.4. The third kappa shape index (κ3) is 4.64. The van der Waals surface area contributed by atoms with Gasteiger partial charge in [-0.3, -0.25) is 0 Å². The number of aliphatic hydroxyl groups is 1. The van der Waals surface area contributed by atoms with E-state index in [-0.39, 0.29) is 5.75 Å². The summed E-state index contributed by atoms with van der Waals surface area (Å²) in [6, 6.07) is 5.07. The van der Waals surface area contributed by atoms with Crippen LogP contribution in [0.3, 0.4) is 0 Å². The van der Waals surface area contributed by atoms with Crippen molar-refractivity contribution in [2.24, 2.45) is 0 Å². The number of rotatable bonds is 7. The van der Waals surface area contributed by atoms with E-state index in [0.717, 1.165) is 23.3 Å². The second-order valence-corrected chi connectivity index (χ2v) is 5.10. The van der Waals surface area contributed by atoms with E-state index in [9.17, 15) is 10.2 Å². The number of aromatic hydroxyl groups is 1. The first-order chi connectivity index (χ1) is 9.99. The SMILES string of the molecule is CC/C(=C\C=C\C(O)(CC)CC)c1cc(O)ccc1OC. The van der Waals surface area contributed by atoms with E-state index in [2.05, 4.69) is 6.92 Å². The molecule has 0 aromatic heterocycles. The lowest BCUT2D eigenvalue weighted by atomic mass is 9.96. The van der Waals surface area contributed by atoms with Crippen LogP contribution in [0.2, 0.25) is 0 Å². The smallest absolute Gasteiger partial charge is 0.126 e. The van der Waals surface area contributed by atoms with Crippen LogP contribution in [-0.2, 0) is 0 Å². The Morgan fingerprint density at radius 1 is 1.24 bits per heavy atom. The van der Waals surface area contributed by atoms with Gasteiger partial charge in [0, 0.05) is 5.56 Å². The largest absolute Gasteiger partial charge is 0.508 e. The molecule has 0 spiro atoms. The molecule has 2 N–H and O–H groups in total. The number of methoxy groups -OCH3 is 1. The number of allylic oxidation sites excluding steroid dienone is 3. The summed E-state index contributed by atoms with van der Waals surface area (Å²) < 4.78 is 5.35. The predicted octanol–water partition coefficient (Wildman–Crippen LogP) is 4.30. The number of phenolic OH excluding ortho intramolecular Hbond substituents is 1. The van der Waals surface area contributed by atoms with Crippen LogP contribution >= 0.6 is 0 Å². The fourth-order valence-corrected chi connectivity index (χ4v) is 2.17. The minimum absolute atomic E-state index is 0.216. The molecule has 0 bridgehead atoms. The molecule has 0 saturated carbocycles. The number of phenols is 1.